The first-order chi connectivity index (χ1) is 9.31. The molecule has 1 amide bonds. The van der Waals surface area contributed by atoms with Crippen molar-refractivity contribution in [3.8, 4) is 0 Å². The highest BCUT2D eigenvalue weighted by atomic mass is 16.6. The molecule has 0 aliphatic heterocycles. The maximum atomic E-state index is 11.6. The van der Waals surface area contributed by atoms with Crippen molar-refractivity contribution in [1.82, 2.24) is 25.6 Å². The predicted molar refractivity (Wildman–Crippen MR) is 76.2 cm³/mol. The molecule has 0 saturated carbocycles. The van der Waals surface area contributed by atoms with Gasteiger partial charge in [0.1, 0.15) is 5.60 Å². The van der Waals surface area contributed by atoms with Gasteiger partial charge in [0.25, 0.3) is 0 Å². The van der Waals surface area contributed by atoms with E-state index in [1.54, 1.807) is 10.9 Å². The molecule has 1 atom stereocenters. The van der Waals surface area contributed by atoms with E-state index in [1.165, 1.54) is 0 Å². The zero-order valence-electron chi connectivity index (χ0n) is 12.9. The molecule has 0 aromatic carbocycles. The van der Waals surface area contributed by atoms with E-state index in [2.05, 4.69) is 27.9 Å². The lowest BCUT2D eigenvalue weighted by molar-refractivity contribution is 0.0522. The molecule has 1 heterocycles. The fraction of sp³-hybridized carbons (Fsp3) is 0.769. The standard InChI is InChI=1S/C13H25N5O2/c1-6-10(7-15-12(19)20-13(2,3)4)14-8-11-9-16-17-18(11)5/h9-10,14H,6-8H2,1-5H3,(H,15,19). The summed E-state index contributed by atoms with van der Waals surface area (Å²) in [6, 6.07) is 0.178. The van der Waals surface area contributed by atoms with Gasteiger partial charge in [-0.15, -0.1) is 5.10 Å². The van der Waals surface area contributed by atoms with Crippen LogP contribution in [0.1, 0.15) is 39.8 Å². The summed E-state index contributed by atoms with van der Waals surface area (Å²) < 4.78 is 6.92. The Bertz CT molecular complexity index is 425. The number of ether oxygens (including phenoxy) is 1. The van der Waals surface area contributed by atoms with E-state index >= 15 is 0 Å². The average molecular weight is 283 g/mol. The van der Waals surface area contributed by atoms with Crippen LogP contribution in [0.4, 0.5) is 4.79 Å². The lowest BCUT2D eigenvalue weighted by Crippen LogP contribution is -2.42. The molecule has 0 aliphatic carbocycles. The van der Waals surface area contributed by atoms with E-state index in [0.29, 0.717) is 13.1 Å². The van der Waals surface area contributed by atoms with Crippen LogP contribution in [0.5, 0.6) is 0 Å². The molecule has 7 nitrogen and oxygen atoms in total. The van der Waals surface area contributed by atoms with Crippen LogP contribution in [-0.4, -0.2) is 39.3 Å². The number of nitrogens with zero attached hydrogens (tertiary/aromatic N) is 3. The second-order valence-electron chi connectivity index (χ2n) is 5.72. The van der Waals surface area contributed by atoms with Gasteiger partial charge in [0.15, 0.2) is 0 Å². The minimum atomic E-state index is -0.473. The van der Waals surface area contributed by atoms with Crippen molar-refractivity contribution < 1.29 is 9.53 Å². The molecule has 114 valence electrons. The molecule has 0 bridgehead atoms. The van der Waals surface area contributed by atoms with Gasteiger partial charge < -0.3 is 15.4 Å². The molecule has 0 spiro atoms. The maximum Gasteiger partial charge on any atom is 0.407 e. The average Bonchev–Trinajstić information content (AvgIpc) is 2.73. The number of alkyl carbamates (subject to hydrolysis) is 1. The second kappa shape index (κ2) is 7.23. The van der Waals surface area contributed by atoms with E-state index in [-0.39, 0.29) is 12.1 Å². The molecule has 1 rings (SSSR count). The monoisotopic (exact) mass is 283 g/mol. The van der Waals surface area contributed by atoms with Gasteiger partial charge >= 0.3 is 6.09 Å². The Morgan fingerprint density at radius 2 is 2.20 bits per heavy atom. The molecule has 1 aromatic heterocycles. The minimum Gasteiger partial charge on any atom is -0.444 e. The van der Waals surface area contributed by atoms with Gasteiger partial charge in [-0.25, -0.2) is 4.79 Å². The molecule has 0 saturated heterocycles. The topological polar surface area (TPSA) is 81.1 Å². The van der Waals surface area contributed by atoms with Crippen LogP contribution in [0.15, 0.2) is 6.20 Å². The highest BCUT2D eigenvalue weighted by Gasteiger charge is 2.17. The Kier molecular flexibility index (Phi) is 5.94. The third-order valence-corrected chi connectivity index (χ3v) is 2.76. The number of carbonyl (C=O) groups is 1. The van der Waals surface area contributed by atoms with E-state index in [4.69, 9.17) is 4.74 Å². The van der Waals surface area contributed by atoms with Crippen LogP contribution in [0.25, 0.3) is 0 Å². The molecule has 2 N–H and O–H groups in total. The molecule has 20 heavy (non-hydrogen) atoms. The van der Waals surface area contributed by atoms with Crippen LogP contribution in [0.2, 0.25) is 0 Å². The van der Waals surface area contributed by atoms with Crippen LogP contribution in [0.3, 0.4) is 0 Å². The fourth-order valence-corrected chi connectivity index (χ4v) is 1.60. The molecule has 0 radical (unpaired) electrons. The Morgan fingerprint density at radius 3 is 2.70 bits per heavy atom. The van der Waals surface area contributed by atoms with E-state index in [9.17, 15) is 4.79 Å². The van der Waals surface area contributed by atoms with Crippen molar-refractivity contribution in [2.24, 2.45) is 7.05 Å². The van der Waals surface area contributed by atoms with E-state index in [1.807, 2.05) is 27.8 Å². The summed E-state index contributed by atoms with van der Waals surface area (Å²) in [5, 5.41) is 13.8. The maximum absolute atomic E-state index is 11.6. The summed E-state index contributed by atoms with van der Waals surface area (Å²) >= 11 is 0. The first-order valence-corrected chi connectivity index (χ1v) is 6.85. The van der Waals surface area contributed by atoms with E-state index < -0.39 is 5.60 Å². The fourth-order valence-electron chi connectivity index (χ4n) is 1.60. The third kappa shape index (κ3) is 6.01. The number of rotatable bonds is 6. The van der Waals surface area contributed by atoms with E-state index in [0.717, 1.165) is 12.1 Å². The van der Waals surface area contributed by atoms with Gasteiger partial charge in [-0.3, -0.25) is 4.68 Å². The smallest absolute Gasteiger partial charge is 0.407 e. The number of hydrogen-bond acceptors (Lipinski definition) is 5. The zero-order chi connectivity index (χ0) is 15.2. The molecule has 1 aromatic rings. The van der Waals surface area contributed by atoms with Gasteiger partial charge in [0.05, 0.1) is 11.9 Å². The second-order valence-corrected chi connectivity index (χ2v) is 5.72. The summed E-state index contributed by atoms with van der Waals surface area (Å²) in [5.41, 5.74) is 0.528. The number of nitrogens with one attached hydrogen (secondary N) is 2. The third-order valence-electron chi connectivity index (χ3n) is 2.76. The van der Waals surface area contributed by atoms with Crippen molar-refractivity contribution in [2.75, 3.05) is 6.54 Å². The Balaban J connectivity index is 2.33. The SMILES string of the molecule is CCC(CNC(=O)OC(C)(C)C)NCc1cnnn1C. The molecular weight excluding hydrogens is 258 g/mol. The van der Waals surface area contributed by atoms with Crippen molar-refractivity contribution in [3.63, 3.8) is 0 Å². The van der Waals surface area contributed by atoms with Crippen molar-refractivity contribution in [2.45, 2.75) is 52.3 Å². The number of amides is 1. The lowest BCUT2D eigenvalue weighted by Gasteiger charge is -2.22. The first kappa shape index (κ1) is 16.4. The Labute approximate surface area is 120 Å². The lowest BCUT2D eigenvalue weighted by atomic mass is 10.2. The predicted octanol–water partition coefficient (Wildman–Crippen LogP) is 1.21. The molecule has 0 aliphatic rings. The number of carbonyl (C=O) groups excluding carboxylic acids is 1. The van der Waals surface area contributed by atoms with Crippen molar-refractivity contribution in [1.29, 1.82) is 0 Å². The summed E-state index contributed by atoms with van der Waals surface area (Å²) in [6.45, 7) is 8.79. The van der Waals surface area contributed by atoms with Crippen LogP contribution in [0, 0.1) is 0 Å². The number of aryl methyl sites for hydroxylation is 1. The molecule has 7 heteroatoms. The zero-order valence-corrected chi connectivity index (χ0v) is 12.9. The molecule has 1 unspecified atom stereocenters. The largest absolute Gasteiger partial charge is 0.444 e. The van der Waals surface area contributed by atoms with Crippen LogP contribution < -0.4 is 10.6 Å². The van der Waals surface area contributed by atoms with Crippen molar-refractivity contribution >= 4 is 6.09 Å². The quantitative estimate of drug-likeness (QED) is 0.820. The van der Waals surface area contributed by atoms with Gasteiger partial charge in [0, 0.05) is 26.2 Å². The molecular formula is C13H25N5O2. The van der Waals surface area contributed by atoms with Crippen LogP contribution in [-0.2, 0) is 18.3 Å². The summed E-state index contributed by atoms with van der Waals surface area (Å²) in [5.74, 6) is 0. The number of hydrogen-bond donors (Lipinski definition) is 2. The minimum absolute atomic E-state index is 0.178. The summed E-state index contributed by atoms with van der Waals surface area (Å²) in [7, 11) is 1.85. The molecule has 0 fully saturated rings. The van der Waals surface area contributed by atoms with Crippen LogP contribution >= 0.6 is 0 Å². The van der Waals surface area contributed by atoms with Gasteiger partial charge in [-0.05, 0) is 27.2 Å². The highest BCUT2D eigenvalue weighted by molar-refractivity contribution is 5.67. The Hall–Kier alpha value is -1.63. The first-order valence-electron chi connectivity index (χ1n) is 6.85. The van der Waals surface area contributed by atoms with Gasteiger partial charge in [0.2, 0.25) is 0 Å². The number of aromatic nitrogens is 3. The van der Waals surface area contributed by atoms with Crippen molar-refractivity contribution in [3.05, 3.63) is 11.9 Å². The Morgan fingerprint density at radius 1 is 1.50 bits per heavy atom. The summed E-state index contributed by atoms with van der Waals surface area (Å²) in [6.07, 6.45) is 2.24. The van der Waals surface area contributed by atoms with Gasteiger partial charge in [-0.1, -0.05) is 12.1 Å². The summed E-state index contributed by atoms with van der Waals surface area (Å²) in [4.78, 5) is 11.6. The normalized spacial score (nSPS) is 13.1. The van der Waals surface area contributed by atoms with Gasteiger partial charge in [-0.2, -0.15) is 0 Å². The highest BCUT2D eigenvalue weighted by Crippen LogP contribution is 2.06.